The molecule has 1 amide bonds. The summed E-state index contributed by atoms with van der Waals surface area (Å²) in [6.45, 7) is 2.67. The van der Waals surface area contributed by atoms with Gasteiger partial charge in [0.15, 0.2) is 0 Å². The van der Waals surface area contributed by atoms with E-state index in [1.807, 2.05) is 11.4 Å². The Labute approximate surface area is 138 Å². The summed E-state index contributed by atoms with van der Waals surface area (Å²) >= 11 is 1.59. The van der Waals surface area contributed by atoms with Gasteiger partial charge in [-0.05, 0) is 43.0 Å². The Morgan fingerprint density at radius 3 is 3.13 bits per heavy atom. The van der Waals surface area contributed by atoms with Gasteiger partial charge >= 0.3 is 0 Å². The fourth-order valence-electron chi connectivity index (χ4n) is 2.64. The van der Waals surface area contributed by atoms with E-state index in [1.165, 1.54) is 13.0 Å². The van der Waals surface area contributed by atoms with Gasteiger partial charge in [-0.1, -0.05) is 0 Å². The van der Waals surface area contributed by atoms with E-state index < -0.39 is 0 Å². The quantitative estimate of drug-likeness (QED) is 0.911. The lowest BCUT2D eigenvalue weighted by atomic mass is 10.1. The molecule has 1 atom stereocenters. The fourth-order valence-corrected chi connectivity index (χ4v) is 3.55. The number of rotatable bonds is 5. The van der Waals surface area contributed by atoms with Gasteiger partial charge in [0.05, 0.1) is 5.69 Å². The van der Waals surface area contributed by atoms with Crippen molar-refractivity contribution in [3.05, 3.63) is 40.0 Å². The number of carbonyl (C=O) groups is 1. The minimum absolute atomic E-state index is 0.105. The van der Waals surface area contributed by atoms with Gasteiger partial charge in [-0.25, -0.2) is 9.37 Å². The van der Waals surface area contributed by atoms with Crippen molar-refractivity contribution in [1.29, 1.82) is 0 Å². The largest absolute Gasteiger partial charge is 0.371 e. The third kappa shape index (κ3) is 3.95. The monoisotopic (exact) mass is 334 g/mol. The highest BCUT2D eigenvalue weighted by molar-refractivity contribution is 7.10. The molecule has 0 bridgehead atoms. The van der Waals surface area contributed by atoms with Crippen LogP contribution in [0.4, 0.5) is 4.39 Å². The zero-order chi connectivity index (χ0) is 16.2. The van der Waals surface area contributed by atoms with Gasteiger partial charge in [0, 0.05) is 31.0 Å². The maximum absolute atomic E-state index is 13.9. The predicted octanol–water partition coefficient (Wildman–Crippen LogP) is 3.48. The molecule has 122 valence electrons. The van der Waals surface area contributed by atoms with Gasteiger partial charge in [0.1, 0.15) is 16.9 Å². The van der Waals surface area contributed by atoms with E-state index in [0.717, 1.165) is 35.7 Å². The molecule has 1 aromatic heterocycles. The summed E-state index contributed by atoms with van der Waals surface area (Å²) in [4.78, 5) is 15.6. The van der Waals surface area contributed by atoms with Crippen LogP contribution in [0.1, 0.15) is 36.4 Å². The Morgan fingerprint density at radius 2 is 2.39 bits per heavy atom. The number of nitrogens with one attached hydrogen (secondary N) is 1. The van der Waals surface area contributed by atoms with Crippen molar-refractivity contribution in [2.24, 2.45) is 0 Å². The molecular formula is C17H19FN2O2S. The zero-order valence-electron chi connectivity index (χ0n) is 13.0. The number of thiazole rings is 1. The average molecular weight is 334 g/mol. The average Bonchev–Trinajstić information content (AvgIpc) is 3.19. The molecule has 1 saturated heterocycles. The van der Waals surface area contributed by atoms with Crippen molar-refractivity contribution in [3.63, 3.8) is 0 Å². The van der Waals surface area contributed by atoms with Crippen molar-refractivity contribution in [1.82, 2.24) is 10.3 Å². The van der Waals surface area contributed by atoms with Crippen LogP contribution in [0.2, 0.25) is 0 Å². The van der Waals surface area contributed by atoms with Gasteiger partial charge in [0.25, 0.3) is 0 Å². The van der Waals surface area contributed by atoms with Gasteiger partial charge in [-0.15, -0.1) is 11.3 Å². The molecule has 0 radical (unpaired) electrons. The second kappa shape index (κ2) is 7.19. The van der Waals surface area contributed by atoms with Crippen LogP contribution in [-0.2, 0) is 16.0 Å². The van der Waals surface area contributed by atoms with Crippen molar-refractivity contribution >= 4 is 17.2 Å². The highest BCUT2D eigenvalue weighted by atomic mass is 32.1. The molecule has 1 aliphatic heterocycles. The van der Waals surface area contributed by atoms with Crippen molar-refractivity contribution in [3.8, 4) is 11.3 Å². The van der Waals surface area contributed by atoms with Crippen LogP contribution >= 0.6 is 11.3 Å². The molecule has 4 nitrogen and oxygen atoms in total. The van der Waals surface area contributed by atoms with E-state index in [2.05, 4.69) is 10.3 Å². The molecule has 2 aromatic rings. The highest BCUT2D eigenvalue weighted by Gasteiger charge is 2.21. The molecule has 0 saturated carbocycles. The number of aromatic nitrogens is 1. The predicted molar refractivity (Wildman–Crippen MR) is 87.8 cm³/mol. The Hall–Kier alpha value is -1.79. The number of hydrogen-bond donors (Lipinski definition) is 1. The molecular weight excluding hydrogens is 315 g/mol. The molecule has 1 unspecified atom stereocenters. The minimum Gasteiger partial charge on any atom is -0.371 e. The maximum atomic E-state index is 13.9. The fraction of sp³-hybridized carbons (Fsp3) is 0.412. The van der Waals surface area contributed by atoms with E-state index in [4.69, 9.17) is 4.74 Å². The lowest BCUT2D eigenvalue weighted by molar-refractivity contribution is -0.118. The van der Waals surface area contributed by atoms with Crippen LogP contribution in [0.15, 0.2) is 23.6 Å². The molecule has 6 heteroatoms. The first-order valence-electron chi connectivity index (χ1n) is 7.74. The summed E-state index contributed by atoms with van der Waals surface area (Å²) in [6.07, 6.45) is 2.65. The molecule has 2 heterocycles. The first kappa shape index (κ1) is 16.1. The van der Waals surface area contributed by atoms with Crippen molar-refractivity contribution in [2.75, 3.05) is 13.2 Å². The summed E-state index contributed by atoms with van der Waals surface area (Å²) in [5, 5.41) is 5.66. The summed E-state index contributed by atoms with van der Waals surface area (Å²) in [6, 6.07) is 5.01. The lowest BCUT2D eigenvalue weighted by Crippen LogP contribution is -2.22. The summed E-state index contributed by atoms with van der Waals surface area (Å²) in [7, 11) is 0. The number of nitrogens with zero attached hydrogens (tertiary/aromatic N) is 1. The first-order valence-corrected chi connectivity index (χ1v) is 8.61. The van der Waals surface area contributed by atoms with Gasteiger partial charge in [-0.2, -0.15) is 0 Å². The second-order valence-electron chi connectivity index (χ2n) is 5.61. The number of amides is 1. The number of carbonyl (C=O) groups excluding carboxylic acids is 1. The Bertz CT molecular complexity index is 696. The number of ether oxygens (including phenoxy) is 1. The normalized spacial score (nSPS) is 17.4. The van der Waals surface area contributed by atoms with Crippen LogP contribution in [0.5, 0.6) is 0 Å². The lowest BCUT2D eigenvalue weighted by Gasteiger charge is -2.07. The van der Waals surface area contributed by atoms with E-state index in [9.17, 15) is 9.18 Å². The highest BCUT2D eigenvalue weighted by Crippen LogP contribution is 2.33. The summed E-state index contributed by atoms with van der Waals surface area (Å²) < 4.78 is 19.6. The van der Waals surface area contributed by atoms with Crippen molar-refractivity contribution in [2.45, 2.75) is 32.3 Å². The molecule has 0 spiro atoms. The van der Waals surface area contributed by atoms with E-state index in [0.29, 0.717) is 18.5 Å². The van der Waals surface area contributed by atoms with Crippen LogP contribution in [0, 0.1) is 5.82 Å². The SMILES string of the molecule is CC(=O)NCCc1cc(-c2csc(C3CCCO3)n2)ccc1F. The van der Waals surface area contributed by atoms with Crippen molar-refractivity contribution < 1.29 is 13.9 Å². The topological polar surface area (TPSA) is 51.2 Å². The van der Waals surface area contributed by atoms with Gasteiger partial charge in [0.2, 0.25) is 5.91 Å². The zero-order valence-corrected chi connectivity index (χ0v) is 13.8. The molecule has 1 aliphatic rings. The molecule has 1 aromatic carbocycles. The molecule has 1 N–H and O–H groups in total. The minimum atomic E-state index is -0.256. The summed E-state index contributed by atoms with van der Waals surface area (Å²) in [5.41, 5.74) is 2.33. The van der Waals surface area contributed by atoms with Crippen LogP contribution < -0.4 is 5.32 Å². The Kier molecular flexibility index (Phi) is 5.03. The number of hydrogen-bond acceptors (Lipinski definition) is 4. The Balaban J connectivity index is 1.75. The third-order valence-corrected chi connectivity index (χ3v) is 4.77. The molecule has 3 rings (SSSR count). The number of benzene rings is 1. The van der Waals surface area contributed by atoms with Crippen LogP contribution in [-0.4, -0.2) is 24.0 Å². The van der Waals surface area contributed by atoms with E-state index in [1.54, 1.807) is 17.4 Å². The Morgan fingerprint density at radius 1 is 1.52 bits per heavy atom. The van der Waals surface area contributed by atoms with E-state index >= 15 is 0 Å². The van der Waals surface area contributed by atoms with Crippen LogP contribution in [0.25, 0.3) is 11.3 Å². The molecule has 23 heavy (non-hydrogen) atoms. The second-order valence-corrected chi connectivity index (χ2v) is 6.50. The van der Waals surface area contributed by atoms with E-state index in [-0.39, 0.29) is 17.8 Å². The standard InChI is InChI=1S/C17H19FN2O2S/c1-11(21)19-7-6-12-9-13(4-5-14(12)18)15-10-23-17(20-15)16-3-2-8-22-16/h4-5,9-10,16H,2-3,6-8H2,1H3,(H,19,21). The van der Waals surface area contributed by atoms with Crippen LogP contribution in [0.3, 0.4) is 0 Å². The maximum Gasteiger partial charge on any atom is 0.216 e. The first-order chi connectivity index (χ1) is 11.1. The van der Waals surface area contributed by atoms with Gasteiger partial charge < -0.3 is 10.1 Å². The smallest absolute Gasteiger partial charge is 0.216 e. The third-order valence-electron chi connectivity index (χ3n) is 3.84. The summed E-state index contributed by atoms with van der Waals surface area (Å²) in [5.74, 6) is -0.365. The van der Waals surface area contributed by atoms with Gasteiger partial charge in [-0.3, -0.25) is 4.79 Å². The molecule has 1 fully saturated rings. The molecule has 0 aliphatic carbocycles. The number of halogens is 1.